The number of methoxy groups -OCH3 is 1. The normalized spacial score (nSPS) is 10.6. The molecule has 20 heavy (non-hydrogen) atoms. The molecular formula is C14H20N4O2. The smallest absolute Gasteiger partial charge is 0.164 e. The van der Waals surface area contributed by atoms with E-state index in [0.29, 0.717) is 13.2 Å². The summed E-state index contributed by atoms with van der Waals surface area (Å²) in [5, 5.41) is 7.51. The Balaban J connectivity index is 1.92. The summed E-state index contributed by atoms with van der Waals surface area (Å²) in [6.45, 7) is 3.94. The second kappa shape index (κ2) is 6.91. The summed E-state index contributed by atoms with van der Waals surface area (Å²) in [7, 11) is 3.50. The van der Waals surface area contributed by atoms with Crippen molar-refractivity contribution in [2.75, 3.05) is 13.7 Å². The molecule has 0 spiro atoms. The maximum atomic E-state index is 5.49. The van der Waals surface area contributed by atoms with Crippen molar-refractivity contribution in [3.63, 3.8) is 0 Å². The second-order valence-electron chi connectivity index (χ2n) is 4.36. The van der Waals surface area contributed by atoms with Gasteiger partial charge < -0.3 is 14.8 Å². The quantitative estimate of drug-likeness (QED) is 0.830. The molecule has 0 unspecified atom stereocenters. The van der Waals surface area contributed by atoms with Crippen LogP contribution in [0.3, 0.4) is 0 Å². The summed E-state index contributed by atoms with van der Waals surface area (Å²) >= 11 is 0. The first-order chi connectivity index (χ1) is 9.72. The van der Waals surface area contributed by atoms with E-state index in [0.717, 1.165) is 29.4 Å². The summed E-state index contributed by atoms with van der Waals surface area (Å²) in [6, 6.07) is 5.93. The van der Waals surface area contributed by atoms with Crippen molar-refractivity contribution in [3.8, 4) is 11.5 Å². The highest BCUT2D eigenvalue weighted by Gasteiger charge is 2.05. The van der Waals surface area contributed by atoms with Crippen LogP contribution in [0, 0.1) is 0 Å². The lowest BCUT2D eigenvalue weighted by molar-refractivity contribution is 0.310. The third-order valence-electron chi connectivity index (χ3n) is 2.79. The highest BCUT2D eigenvalue weighted by Crippen LogP contribution is 2.27. The zero-order valence-corrected chi connectivity index (χ0v) is 12.1. The van der Waals surface area contributed by atoms with Gasteiger partial charge in [-0.3, -0.25) is 4.68 Å². The molecule has 0 atom stereocenters. The van der Waals surface area contributed by atoms with E-state index in [-0.39, 0.29) is 0 Å². The van der Waals surface area contributed by atoms with Crippen LogP contribution in [0.2, 0.25) is 0 Å². The van der Waals surface area contributed by atoms with Crippen molar-refractivity contribution in [2.24, 2.45) is 7.05 Å². The van der Waals surface area contributed by atoms with E-state index < -0.39 is 0 Å². The molecule has 1 heterocycles. The average molecular weight is 276 g/mol. The Morgan fingerprint density at radius 3 is 2.75 bits per heavy atom. The number of aromatic nitrogens is 3. The van der Waals surface area contributed by atoms with Crippen LogP contribution in [-0.4, -0.2) is 28.5 Å². The number of nitrogens with one attached hydrogen (secondary N) is 1. The number of hydrogen-bond acceptors (Lipinski definition) is 5. The van der Waals surface area contributed by atoms with Crippen LogP contribution < -0.4 is 14.8 Å². The van der Waals surface area contributed by atoms with E-state index in [4.69, 9.17) is 9.47 Å². The number of ether oxygens (including phenoxy) is 2. The maximum absolute atomic E-state index is 5.49. The van der Waals surface area contributed by atoms with Crippen molar-refractivity contribution in [3.05, 3.63) is 35.9 Å². The van der Waals surface area contributed by atoms with Gasteiger partial charge in [-0.25, -0.2) is 4.98 Å². The summed E-state index contributed by atoms with van der Waals surface area (Å²) in [6.07, 6.45) is 1.69. The molecule has 0 amide bonds. The van der Waals surface area contributed by atoms with E-state index in [1.807, 2.05) is 32.2 Å². The molecule has 0 radical (unpaired) electrons. The van der Waals surface area contributed by atoms with Gasteiger partial charge in [0.1, 0.15) is 6.33 Å². The molecule has 1 aromatic carbocycles. The second-order valence-corrected chi connectivity index (χ2v) is 4.36. The van der Waals surface area contributed by atoms with Gasteiger partial charge in [0.2, 0.25) is 0 Å². The van der Waals surface area contributed by atoms with Gasteiger partial charge in [0.25, 0.3) is 0 Å². The molecular weight excluding hydrogens is 256 g/mol. The van der Waals surface area contributed by atoms with E-state index >= 15 is 0 Å². The van der Waals surface area contributed by atoms with E-state index in [1.54, 1.807) is 18.1 Å². The molecule has 0 aliphatic carbocycles. The summed E-state index contributed by atoms with van der Waals surface area (Å²) in [5.74, 6) is 2.30. The van der Waals surface area contributed by atoms with Gasteiger partial charge in [0.15, 0.2) is 17.3 Å². The highest BCUT2D eigenvalue weighted by molar-refractivity contribution is 5.42. The van der Waals surface area contributed by atoms with Crippen molar-refractivity contribution in [2.45, 2.75) is 20.0 Å². The third kappa shape index (κ3) is 3.71. The fourth-order valence-electron chi connectivity index (χ4n) is 1.88. The van der Waals surface area contributed by atoms with Crippen LogP contribution in [0.25, 0.3) is 0 Å². The first-order valence-corrected chi connectivity index (χ1v) is 6.58. The van der Waals surface area contributed by atoms with Crippen molar-refractivity contribution >= 4 is 0 Å². The molecule has 0 aliphatic rings. The molecule has 6 nitrogen and oxygen atoms in total. The average Bonchev–Trinajstić information content (AvgIpc) is 2.86. The van der Waals surface area contributed by atoms with Crippen LogP contribution in [-0.2, 0) is 20.1 Å². The third-order valence-corrected chi connectivity index (χ3v) is 2.79. The SMILES string of the molecule is CCOc1ccc(CNCc2ncn(C)n2)cc1OC. The number of aryl methyl sites for hydroxylation is 1. The summed E-state index contributed by atoms with van der Waals surface area (Å²) < 4.78 is 12.5. The Morgan fingerprint density at radius 2 is 2.10 bits per heavy atom. The highest BCUT2D eigenvalue weighted by atomic mass is 16.5. The molecule has 0 saturated carbocycles. The minimum atomic E-state index is 0.624. The molecule has 2 aromatic rings. The topological polar surface area (TPSA) is 61.2 Å². The predicted octanol–water partition coefficient (Wildman–Crippen LogP) is 1.51. The van der Waals surface area contributed by atoms with E-state index in [9.17, 15) is 0 Å². The van der Waals surface area contributed by atoms with Gasteiger partial charge in [-0.05, 0) is 24.6 Å². The van der Waals surface area contributed by atoms with Gasteiger partial charge in [-0.15, -0.1) is 0 Å². The Morgan fingerprint density at radius 1 is 1.25 bits per heavy atom. The van der Waals surface area contributed by atoms with Gasteiger partial charge >= 0.3 is 0 Å². The zero-order valence-electron chi connectivity index (χ0n) is 12.1. The van der Waals surface area contributed by atoms with Gasteiger partial charge in [0.05, 0.1) is 20.3 Å². The number of benzene rings is 1. The first kappa shape index (κ1) is 14.3. The number of nitrogens with zero attached hydrogens (tertiary/aromatic N) is 3. The van der Waals surface area contributed by atoms with Crippen LogP contribution in [0.1, 0.15) is 18.3 Å². The van der Waals surface area contributed by atoms with Crippen molar-refractivity contribution < 1.29 is 9.47 Å². The minimum Gasteiger partial charge on any atom is -0.493 e. The molecule has 0 saturated heterocycles. The van der Waals surface area contributed by atoms with Gasteiger partial charge in [0, 0.05) is 13.6 Å². The van der Waals surface area contributed by atoms with Crippen LogP contribution in [0.4, 0.5) is 0 Å². The molecule has 0 fully saturated rings. The van der Waals surface area contributed by atoms with Gasteiger partial charge in [-0.2, -0.15) is 5.10 Å². The molecule has 0 bridgehead atoms. The van der Waals surface area contributed by atoms with E-state index in [2.05, 4.69) is 15.4 Å². The number of rotatable bonds is 7. The van der Waals surface area contributed by atoms with Gasteiger partial charge in [-0.1, -0.05) is 6.07 Å². The fraction of sp³-hybridized carbons (Fsp3) is 0.429. The standard InChI is InChI=1S/C14H20N4O2/c1-4-20-12-6-5-11(7-13(12)19-3)8-15-9-14-16-10-18(2)17-14/h5-7,10,15H,4,8-9H2,1-3H3. The predicted molar refractivity (Wildman–Crippen MR) is 75.7 cm³/mol. The lowest BCUT2D eigenvalue weighted by atomic mass is 10.2. The maximum Gasteiger partial charge on any atom is 0.164 e. The van der Waals surface area contributed by atoms with Crippen molar-refractivity contribution in [1.82, 2.24) is 20.1 Å². The molecule has 1 aromatic heterocycles. The Kier molecular flexibility index (Phi) is 4.95. The Bertz CT molecular complexity index is 554. The van der Waals surface area contributed by atoms with Crippen LogP contribution in [0.5, 0.6) is 11.5 Å². The lowest BCUT2D eigenvalue weighted by Crippen LogP contribution is -2.14. The monoisotopic (exact) mass is 276 g/mol. The summed E-state index contributed by atoms with van der Waals surface area (Å²) in [4.78, 5) is 4.16. The zero-order chi connectivity index (χ0) is 14.4. The Labute approximate surface area is 118 Å². The van der Waals surface area contributed by atoms with Crippen molar-refractivity contribution in [1.29, 1.82) is 0 Å². The van der Waals surface area contributed by atoms with E-state index in [1.165, 1.54) is 0 Å². The van der Waals surface area contributed by atoms with Crippen LogP contribution >= 0.6 is 0 Å². The lowest BCUT2D eigenvalue weighted by Gasteiger charge is -2.11. The largest absolute Gasteiger partial charge is 0.493 e. The minimum absolute atomic E-state index is 0.624. The fourth-order valence-corrected chi connectivity index (χ4v) is 1.88. The molecule has 108 valence electrons. The Hall–Kier alpha value is -2.08. The molecule has 0 aliphatic heterocycles. The first-order valence-electron chi connectivity index (χ1n) is 6.58. The molecule has 1 N–H and O–H groups in total. The number of hydrogen-bond donors (Lipinski definition) is 1. The molecule has 2 rings (SSSR count). The summed E-state index contributed by atoms with van der Waals surface area (Å²) in [5.41, 5.74) is 1.13. The molecule has 6 heteroatoms. The van der Waals surface area contributed by atoms with Crippen LogP contribution in [0.15, 0.2) is 24.5 Å².